The number of methoxy groups -OCH3 is 1. The Morgan fingerprint density at radius 3 is 1.97 bits per heavy atom. The second kappa shape index (κ2) is 35.5. The van der Waals surface area contributed by atoms with Crippen LogP contribution in [0.4, 0.5) is 0 Å². The Balaban J connectivity index is 1.21. The van der Waals surface area contributed by atoms with Crippen LogP contribution in [0, 0.1) is 5.92 Å². The van der Waals surface area contributed by atoms with Gasteiger partial charge < -0.3 is 137 Å². The predicted molar refractivity (Wildman–Crippen MR) is 390 cm³/mol. The van der Waals surface area contributed by atoms with Crippen LogP contribution >= 0.6 is 23.2 Å². The SMILES string of the molecule is CCCCOC(CNC1(C)CC(OC2C(O)CC(O)(CO)OC2Oc2c3cc4cc2Oc2ccc(cc2Cl)[C@@H](O)[C@@H]2NC(=O)C(NC(=O)[C@@H]4NC(=O)[C@H](CC(N)=O)NC(=O)C(NC(=O)[C@@H](CC(C)C)NC)[C@H](O)c4ccc(c(Cl)c4)O3)c3ccc(O)c(c3)-c3c(O)cc(O)cc3[C@H](C(=O)O)NC2=O)OC(C)C1O)C(=O)OC. The van der Waals surface area contributed by atoms with Crippen LogP contribution in [0.15, 0.2) is 78.9 Å². The van der Waals surface area contributed by atoms with Gasteiger partial charge in [0.1, 0.15) is 77.3 Å². The summed E-state index contributed by atoms with van der Waals surface area (Å²) in [5.41, 5.74) is 1.39. The Kier molecular flexibility index (Phi) is 26.8. The maximum atomic E-state index is 16.2. The molecule has 0 radical (unpaired) electrons. The fourth-order valence-electron chi connectivity index (χ4n) is 13.7. The second-order valence-corrected chi connectivity index (χ2v) is 29.2. The van der Waals surface area contributed by atoms with Crippen LogP contribution < -0.4 is 62.5 Å². The molecule has 7 amide bonds. The lowest BCUT2D eigenvalue weighted by Gasteiger charge is -2.48. The lowest BCUT2D eigenvalue weighted by Crippen LogP contribution is -2.65. The minimum atomic E-state index is -2.70. The number of aromatic hydroxyl groups is 3. The van der Waals surface area contributed by atoms with Crippen molar-refractivity contribution in [2.45, 2.75) is 182 Å². The summed E-state index contributed by atoms with van der Waals surface area (Å²) >= 11 is 14.2. The van der Waals surface area contributed by atoms with E-state index in [9.17, 15) is 79.8 Å². The standard InChI is InChI=1S/C74H89Cl2N9O27/c1-8-9-16-106-50(71(103)105-7)28-79-73(5)27-52(107-31(4)63(73)94)110-61-45(90)26-74(104,29-86)112-72(61)111-62-48-21-35-22-49(62)109-47-15-12-34(20-40(47)76)60(93)58-69(100)83-56(70(101)102)38-23-36(87)24-44(89)53(38)37-18-32(10-13-43(37)88)54(66(97)85-58)82-67(98)55(35)81-65(96)42(25-51(77)91)80-68(99)57(84-64(95)41(78-6)17-30(2)3)59(92)33-11-14-46(108-48)39(75)19-33/h10-15,18-24,30-31,41-42,45,50,52,54-61,63,72,78-79,86-90,92-94,104H,8-9,16-17,25-29H2,1-7H3,(H2,77,91)(H,80,99)(H,81,96)(H,82,98)(H,83,100)(H,84,95)(H,85,97)(H,101,102)/t31?,41-,42+,45?,50?,52?,54?,55-,56-,57?,58+,59-,60-,61?,63?,72?,73?,74?/m1/s1. The molecule has 7 aliphatic heterocycles. The first kappa shape index (κ1) is 84.7. The van der Waals surface area contributed by atoms with E-state index >= 15 is 14.4 Å². The van der Waals surface area contributed by atoms with Gasteiger partial charge in [-0.15, -0.1) is 0 Å². The summed E-state index contributed by atoms with van der Waals surface area (Å²) in [4.78, 5) is 131. The zero-order valence-corrected chi connectivity index (χ0v) is 62.9. The number of likely N-dealkylation sites (N-methyl/N-ethyl adjacent to an activating group) is 1. The number of primary amides is 1. The second-order valence-electron chi connectivity index (χ2n) is 28.4. The molecule has 2 saturated heterocycles. The van der Waals surface area contributed by atoms with Gasteiger partial charge in [0, 0.05) is 54.3 Å². The summed E-state index contributed by atoms with van der Waals surface area (Å²) in [6.07, 6.45) is -16.0. The van der Waals surface area contributed by atoms with Gasteiger partial charge in [0.05, 0.1) is 54.5 Å². The molecule has 2 fully saturated rings. The number of rotatable bonds is 21. The van der Waals surface area contributed by atoms with Gasteiger partial charge in [-0.25, -0.2) is 9.59 Å². The number of fused-ring (bicyclic) bond motifs is 15. The van der Waals surface area contributed by atoms with Gasteiger partial charge in [0.25, 0.3) is 0 Å². The molecule has 11 bridgehead atoms. The number of ether oxygens (including phenoxy) is 8. The molecule has 38 heteroatoms. The summed E-state index contributed by atoms with van der Waals surface area (Å²) in [7, 11) is 2.65. The van der Waals surface area contributed by atoms with Crippen LogP contribution in [0.2, 0.25) is 10.0 Å². The molecule has 18 atom stereocenters. The molecule has 11 unspecified atom stereocenters. The van der Waals surface area contributed by atoms with E-state index in [0.29, 0.717) is 6.42 Å². The number of phenolic OH excluding ortho intramolecular Hbond substituents is 3. The predicted octanol–water partition coefficient (Wildman–Crippen LogP) is 1.44. The molecule has 5 aromatic carbocycles. The number of hydrogen-bond acceptors (Lipinski definition) is 28. The van der Waals surface area contributed by atoms with E-state index in [1.54, 1.807) is 6.92 Å². The third-order valence-corrected chi connectivity index (χ3v) is 20.2. The van der Waals surface area contributed by atoms with Crippen molar-refractivity contribution in [2.24, 2.45) is 11.7 Å². The molecule has 0 aliphatic carbocycles. The number of carboxylic acid groups (broad SMARTS) is 1. The largest absolute Gasteiger partial charge is 0.508 e. The van der Waals surface area contributed by atoms with Crippen molar-refractivity contribution in [3.63, 3.8) is 0 Å². The first-order chi connectivity index (χ1) is 53.0. The average Bonchev–Trinajstić information content (AvgIpc) is 0.764. The van der Waals surface area contributed by atoms with Crippen LogP contribution in [0.5, 0.6) is 46.0 Å². The molecule has 5 aromatic rings. The lowest BCUT2D eigenvalue weighted by atomic mass is 9.84. The Morgan fingerprint density at radius 2 is 1.38 bits per heavy atom. The number of phenols is 3. The maximum absolute atomic E-state index is 16.2. The van der Waals surface area contributed by atoms with Gasteiger partial charge in [-0.05, 0) is 117 Å². The molecule has 0 saturated carbocycles. The number of aliphatic hydroxyl groups is 6. The normalized spacial score (nSPS) is 27.9. The number of benzene rings is 5. The van der Waals surface area contributed by atoms with Crippen molar-refractivity contribution < 1.29 is 132 Å². The average molecular weight is 1610 g/mol. The molecular formula is C74H89Cl2N9O27. The third-order valence-electron chi connectivity index (χ3n) is 19.6. The highest BCUT2D eigenvalue weighted by molar-refractivity contribution is 6.32. The van der Waals surface area contributed by atoms with Crippen molar-refractivity contribution in [2.75, 3.05) is 33.9 Å². The van der Waals surface area contributed by atoms with E-state index in [4.69, 9.17) is 66.8 Å². The van der Waals surface area contributed by atoms with E-state index in [0.717, 1.165) is 73.2 Å². The first-order valence-electron chi connectivity index (χ1n) is 35.7. The summed E-state index contributed by atoms with van der Waals surface area (Å²) in [5, 5.41) is 136. The van der Waals surface area contributed by atoms with Gasteiger partial charge in [0.15, 0.2) is 35.7 Å². The molecule has 7 heterocycles. The van der Waals surface area contributed by atoms with Gasteiger partial charge in [0.2, 0.25) is 53.4 Å². The molecule has 7 aliphatic rings. The lowest BCUT2D eigenvalue weighted by molar-refractivity contribution is -0.374. The van der Waals surface area contributed by atoms with Crippen LogP contribution in [-0.4, -0.2) is 217 Å². The zero-order chi connectivity index (χ0) is 81.7. The van der Waals surface area contributed by atoms with Crippen LogP contribution in [0.25, 0.3) is 11.1 Å². The third kappa shape index (κ3) is 18.9. The molecular weight excluding hydrogens is 1520 g/mol. The summed E-state index contributed by atoms with van der Waals surface area (Å²) in [5.74, 6) is -19.8. The van der Waals surface area contributed by atoms with Crippen LogP contribution in [0.3, 0.4) is 0 Å². The minimum absolute atomic E-state index is 0.114. The van der Waals surface area contributed by atoms with E-state index < -0.39 is 254 Å². The number of nitrogens with one attached hydrogen (secondary N) is 8. The van der Waals surface area contributed by atoms with Crippen molar-refractivity contribution in [3.8, 4) is 57.1 Å². The fraction of sp³-hybridized carbons (Fsp3) is 0.473. The van der Waals surface area contributed by atoms with E-state index in [2.05, 4.69) is 42.5 Å². The number of carbonyl (C=O) groups excluding carboxylic acids is 8. The molecule has 36 nitrogen and oxygen atoms in total. The van der Waals surface area contributed by atoms with Gasteiger partial charge in [-0.1, -0.05) is 68.6 Å². The number of hydrogen-bond donors (Lipinski definition) is 19. The van der Waals surface area contributed by atoms with E-state index in [1.807, 2.05) is 20.8 Å². The Labute approximate surface area is 649 Å². The van der Waals surface area contributed by atoms with Gasteiger partial charge in [-0.3, -0.25) is 33.6 Å². The number of carboxylic acids is 1. The molecule has 20 N–H and O–H groups in total. The molecule has 606 valence electrons. The highest BCUT2D eigenvalue weighted by Crippen LogP contribution is 2.50. The molecule has 0 aromatic heterocycles. The number of aliphatic hydroxyl groups excluding tert-OH is 5. The highest BCUT2D eigenvalue weighted by Gasteiger charge is 2.53. The van der Waals surface area contributed by atoms with Crippen LogP contribution in [0.1, 0.15) is 131 Å². The van der Waals surface area contributed by atoms with Crippen molar-refractivity contribution in [1.82, 2.24) is 42.5 Å². The number of nitrogens with two attached hydrogens (primary N) is 1. The molecule has 12 rings (SSSR count). The topological polar surface area (TPSA) is 552 Å². The maximum Gasteiger partial charge on any atom is 0.336 e. The van der Waals surface area contributed by atoms with E-state index in [1.165, 1.54) is 33.2 Å². The Morgan fingerprint density at radius 1 is 0.750 bits per heavy atom. The number of esters is 1. The number of unbranched alkanes of at least 4 members (excludes halogenated alkanes) is 1. The zero-order valence-electron chi connectivity index (χ0n) is 61.4. The fourth-order valence-corrected chi connectivity index (χ4v) is 14.1. The van der Waals surface area contributed by atoms with Gasteiger partial charge in [-0.2, -0.15) is 0 Å². The van der Waals surface area contributed by atoms with Crippen molar-refractivity contribution in [1.29, 1.82) is 0 Å². The Bertz CT molecular complexity index is 4410. The smallest absolute Gasteiger partial charge is 0.336 e. The quantitative estimate of drug-likeness (QED) is 0.0365. The number of halogens is 2. The first-order valence-corrected chi connectivity index (χ1v) is 36.4. The molecule has 0 spiro atoms. The van der Waals surface area contributed by atoms with Crippen molar-refractivity contribution in [3.05, 3.63) is 117 Å². The monoisotopic (exact) mass is 1610 g/mol. The number of aliphatic carboxylic acids is 1. The van der Waals surface area contributed by atoms with Crippen LogP contribution in [-0.2, 0) is 66.8 Å². The van der Waals surface area contributed by atoms with E-state index in [-0.39, 0.29) is 54.4 Å². The number of carbonyl (C=O) groups is 9. The summed E-state index contributed by atoms with van der Waals surface area (Å²) in [6, 6.07) is -1.04. The summed E-state index contributed by atoms with van der Waals surface area (Å²) in [6.45, 7) is 7.41. The van der Waals surface area contributed by atoms with Crippen molar-refractivity contribution >= 4 is 76.5 Å². The summed E-state index contributed by atoms with van der Waals surface area (Å²) < 4.78 is 49.8. The molecule has 112 heavy (non-hydrogen) atoms. The Hall–Kier alpha value is -9.77. The number of amides is 7. The highest BCUT2D eigenvalue weighted by atomic mass is 35.5. The minimum Gasteiger partial charge on any atom is -0.508 e. The van der Waals surface area contributed by atoms with Gasteiger partial charge >= 0.3 is 11.9 Å².